The first-order valence-corrected chi connectivity index (χ1v) is 24.8. The van der Waals surface area contributed by atoms with Crippen molar-refractivity contribution in [1.29, 1.82) is 0 Å². The van der Waals surface area contributed by atoms with Gasteiger partial charge in [-0.1, -0.05) is 11.4 Å². The van der Waals surface area contributed by atoms with Crippen molar-refractivity contribution in [3.63, 3.8) is 0 Å². The van der Waals surface area contributed by atoms with Gasteiger partial charge in [0.1, 0.15) is 42.7 Å². The Bertz CT molecular complexity index is 3070. The number of hydrogen-bond donors (Lipinski definition) is 3. The standard InChI is InChI=1S/C44H43N10O4S4/c1-52-21-25(20-48-52)32-17-35(24-5-9-29(10-6-24)58-14-13-55)49-41-37(32)39(45)44(59-41)62(57)31-15-28(16-31)53-22-26(19-47-23-53)36-18-33(34-11-12-54(51-34)27-7-8-27)38-40(46)43(60-42(38)50-36)61(56)30-3-2-4-30/h5-6,9-12,17-23,27-28,30-31,55H,2-4,7-8,13-16,45-46H2,1H3/q+1. The molecule has 0 amide bonds. The van der Waals surface area contributed by atoms with Gasteiger partial charge in [-0.05, 0) is 73.7 Å². The molecule has 7 heterocycles. The van der Waals surface area contributed by atoms with Crippen LogP contribution in [0.2, 0.25) is 0 Å². The second-order valence-corrected chi connectivity index (χ2v) is 22.2. The van der Waals surface area contributed by atoms with Crippen LogP contribution in [-0.4, -0.2) is 71.8 Å². The van der Waals surface area contributed by atoms with Crippen LogP contribution in [0.5, 0.6) is 5.75 Å². The number of fused-ring (bicyclic) bond motifs is 2. The van der Waals surface area contributed by atoms with Gasteiger partial charge in [0.15, 0.2) is 6.20 Å². The lowest BCUT2D eigenvalue weighted by Gasteiger charge is -2.32. The SMILES string of the molecule is Cn1cc(-c2cc(-c3ccc(OCCO)cc3)nc3sc(S(=O)C4CC([n+]5cncc(-c6cc(-c7ccn(C8CC8)n7)c7c(N)c(S(=O)C8CCC8)sc7n6)c5)C4)c(N)c23)cn1. The van der Waals surface area contributed by atoms with Crippen LogP contribution in [0, 0.1) is 0 Å². The molecule has 18 heteroatoms. The molecule has 3 aliphatic rings. The first kappa shape index (κ1) is 39.4. The number of aromatic nitrogens is 8. The summed E-state index contributed by atoms with van der Waals surface area (Å²) in [4.78, 5) is 16.2. The van der Waals surface area contributed by atoms with Crippen LogP contribution in [0.3, 0.4) is 0 Å². The molecule has 5 N–H and O–H groups in total. The van der Waals surface area contributed by atoms with Crippen LogP contribution in [0.4, 0.5) is 11.4 Å². The number of thiophene rings is 2. The third-order valence-electron chi connectivity index (χ3n) is 12.2. The highest BCUT2D eigenvalue weighted by Crippen LogP contribution is 2.47. The lowest BCUT2D eigenvalue weighted by molar-refractivity contribution is -0.734. The molecule has 2 unspecified atom stereocenters. The minimum absolute atomic E-state index is 0.0627. The molecule has 14 nitrogen and oxygen atoms in total. The molecule has 0 radical (unpaired) electrons. The number of benzene rings is 1. The van der Waals surface area contributed by atoms with Crippen LogP contribution in [0.15, 0.2) is 88.2 Å². The summed E-state index contributed by atoms with van der Waals surface area (Å²) in [5.41, 5.74) is 21.4. The fourth-order valence-corrected chi connectivity index (χ4v) is 14.7. The molecule has 11 rings (SSSR count). The smallest absolute Gasteiger partial charge is 0.286 e. The van der Waals surface area contributed by atoms with Gasteiger partial charge in [-0.15, -0.1) is 22.7 Å². The second-order valence-electron chi connectivity index (χ2n) is 16.3. The molecule has 0 spiro atoms. The second kappa shape index (κ2) is 15.7. The topological polar surface area (TPSA) is 194 Å². The molecular weight excluding hydrogens is 861 g/mol. The van der Waals surface area contributed by atoms with E-state index >= 15 is 0 Å². The average Bonchev–Trinajstić information content (AvgIpc) is 3.50. The number of aliphatic hydroxyl groups is 1. The summed E-state index contributed by atoms with van der Waals surface area (Å²) in [5, 5.41) is 20.2. The molecule has 3 aliphatic carbocycles. The number of nitrogens with two attached hydrogens (primary N) is 2. The molecule has 8 aromatic rings. The van der Waals surface area contributed by atoms with E-state index in [0.717, 1.165) is 92.6 Å². The van der Waals surface area contributed by atoms with Gasteiger partial charge in [0.05, 0.1) is 74.5 Å². The molecule has 62 heavy (non-hydrogen) atoms. The van der Waals surface area contributed by atoms with Crippen LogP contribution in [0.25, 0.3) is 65.3 Å². The lowest BCUT2D eigenvalue weighted by Crippen LogP contribution is -2.49. The minimum atomic E-state index is -1.37. The Kier molecular flexibility index (Phi) is 10.0. The minimum Gasteiger partial charge on any atom is -0.491 e. The van der Waals surface area contributed by atoms with Gasteiger partial charge in [-0.3, -0.25) is 17.8 Å². The van der Waals surface area contributed by atoms with E-state index in [9.17, 15) is 8.42 Å². The van der Waals surface area contributed by atoms with Gasteiger partial charge >= 0.3 is 0 Å². The molecule has 0 saturated heterocycles. The molecule has 3 saturated carbocycles. The largest absolute Gasteiger partial charge is 0.491 e. The number of nitrogen functional groups attached to an aromatic ring is 2. The van der Waals surface area contributed by atoms with Crippen LogP contribution in [0.1, 0.15) is 57.0 Å². The van der Waals surface area contributed by atoms with Crippen molar-refractivity contribution in [3.05, 3.63) is 79.8 Å². The summed E-state index contributed by atoms with van der Waals surface area (Å²) < 4.78 is 40.8. The summed E-state index contributed by atoms with van der Waals surface area (Å²) in [5.74, 6) is 0.658. The first-order valence-electron chi connectivity index (χ1n) is 20.7. The zero-order chi connectivity index (χ0) is 42.2. The van der Waals surface area contributed by atoms with Crippen LogP contribution < -0.4 is 20.8 Å². The number of anilines is 2. The highest BCUT2D eigenvalue weighted by atomic mass is 32.2. The van der Waals surface area contributed by atoms with Gasteiger partial charge in [0, 0.05) is 70.2 Å². The summed E-state index contributed by atoms with van der Waals surface area (Å²) in [6.45, 7) is 0.154. The van der Waals surface area contributed by atoms with Gasteiger partial charge in [0.2, 0.25) is 0 Å². The van der Waals surface area contributed by atoms with Gasteiger partial charge in [0.25, 0.3) is 6.33 Å². The van der Waals surface area contributed by atoms with Crippen molar-refractivity contribution < 1.29 is 22.8 Å². The molecule has 7 aromatic heterocycles. The van der Waals surface area contributed by atoms with Crippen molar-refractivity contribution in [3.8, 4) is 50.6 Å². The van der Waals surface area contributed by atoms with E-state index in [-0.39, 0.29) is 29.8 Å². The van der Waals surface area contributed by atoms with E-state index < -0.39 is 21.6 Å². The highest BCUT2D eigenvalue weighted by molar-refractivity contribution is 7.88. The predicted molar refractivity (Wildman–Crippen MR) is 244 cm³/mol. The molecular formula is C44H43N10O4S4+. The number of aryl methyl sites for hydroxylation is 1. The fraction of sp³-hybridized carbons (Fsp3) is 0.318. The van der Waals surface area contributed by atoms with Gasteiger partial charge in [-0.2, -0.15) is 10.2 Å². The lowest BCUT2D eigenvalue weighted by atomic mass is 9.92. The monoisotopic (exact) mass is 903 g/mol. The predicted octanol–water partition coefficient (Wildman–Crippen LogP) is 7.23. The Balaban J connectivity index is 0.880. The van der Waals surface area contributed by atoms with Gasteiger partial charge in [-0.25, -0.2) is 14.5 Å². The summed E-state index contributed by atoms with van der Waals surface area (Å²) in [7, 11) is -0.686. The van der Waals surface area contributed by atoms with Crippen LogP contribution in [-0.2, 0) is 28.6 Å². The molecule has 316 valence electrons. The van der Waals surface area contributed by atoms with E-state index in [4.69, 9.17) is 36.4 Å². The highest BCUT2D eigenvalue weighted by Gasteiger charge is 2.40. The number of rotatable bonds is 13. The van der Waals surface area contributed by atoms with E-state index in [1.807, 2.05) is 79.1 Å². The molecule has 0 bridgehead atoms. The average molecular weight is 904 g/mol. The van der Waals surface area contributed by atoms with E-state index in [1.165, 1.54) is 22.7 Å². The zero-order valence-corrected chi connectivity index (χ0v) is 37.0. The molecule has 1 aromatic carbocycles. The number of aliphatic hydroxyl groups excluding tert-OH is 1. The Morgan fingerprint density at radius 1 is 0.839 bits per heavy atom. The van der Waals surface area contributed by atoms with Crippen molar-refractivity contribution in [1.82, 2.24) is 34.5 Å². The maximum Gasteiger partial charge on any atom is 0.286 e. The van der Waals surface area contributed by atoms with E-state index in [1.54, 1.807) is 10.9 Å². The number of nitrogens with zero attached hydrogens (tertiary/aromatic N) is 8. The number of ether oxygens (including phenoxy) is 1. The first-order chi connectivity index (χ1) is 30.2. The van der Waals surface area contributed by atoms with Crippen LogP contribution >= 0.6 is 22.7 Å². The van der Waals surface area contributed by atoms with Gasteiger partial charge < -0.3 is 21.3 Å². The van der Waals surface area contributed by atoms with Crippen molar-refractivity contribution in [2.24, 2.45) is 7.05 Å². The molecule has 0 aliphatic heterocycles. The fourth-order valence-electron chi connectivity index (χ4n) is 8.29. The Labute approximate surface area is 369 Å². The molecule has 2 atom stereocenters. The molecule has 3 fully saturated rings. The number of hydrogen-bond acceptors (Lipinski definition) is 13. The van der Waals surface area contributed by atoms with E-state index in [0.29, 0.717) is 49.3 Å². The number of pyridine rings is 2. The van der Waals surface area contributed by atoms with E-state index in [2.05, 4.69) is 20.8 Å². The summed E-state index contributed by atoms with van der Waals surface area (Å²) in [6, 6.07) is 14.2. The van der Waals surface area contributed by atoms with Crippen molar-refractivity contribution in [2.75, 3.05) is 24.7 Å². The zero-order valence-electron chi connectivity index (χ0n) is 33.7. The quantitative estimate of drug-likeness (QED) is 0.0989. The third kappa shape index (κ3) is 7.01. The Hall–Kier alpha value is -5.40. The maximum absolute atomic E-state index is 14.4. The van der Waals surface area contributed by atoms with Crippen molar-refractivity contribution in [2.45, 2.75) is 75.9 Å². The normalized spacial score (nSPS) is 18.8. The third-order valence-corrected chi connectivity index (χ3v) is 18.7. The maximum atomic E-state index is 14.4. The van der Waals surface area contributed by atoms with Crippen molar-refractivity contribution >= 4 is 76.1 Å². The Morgan fingerprint density at radius 3 is 2.16 bits per heavy atom. The summed E-state index contributed by atoms with van der Waals surface area (Å²) in [6.07, 6.45) is 18.1. The summed E-state index contributed by atoms with van der Waals surface area (Å²) >= 11 is 2.81. The Morgan fingerprint density at radius 2 is 1.52 bits per heavy atom.